The van der Waals surface area contributed by atoms with Crippen molar-refractivity contribution in [2.45, 2.75) is 5.41 Å². The number of para-hydroxylation sites is 2. The second-order valence-electron chi connectivity index (χ2n) is 15.5. The maximum absolute atomic E-state index is 7.31. The van der Waals surface area contributed by atoms with Crippen LogP contribution in [0.25, 0.3) is 62.6 Å². The molecule has 0 atom stereocenters. The Kier molecular flexibility index (Phi) is 7.00. The lowest BCUT2D eigenvalue weighted by Crippen LogP contribution is -2.32. The summed E-state index contributed by atoms with van der Waals surface area (Å²) in [6.45, 7) is 0. The first-order valence-electron chi connectivity index (χ1n) is 20.1. The van der Waals surface area contributed by atoms with Gasteiger partial charge in [0, 0.05) is 57.2 Å². The molecule has 0 fully saturated rings. The van der Waals surface area contributed by atoms with E-state index < -0.39 is 5.41 Å². The first kappa shape index (κ1) is 33.0. The normalized spacial score (nSPS) is 13.4. The first-order valence-corrected chi connectivity index (χ1v) is 21.7. The fourth-order valence-corrected chi connectivity index (χ4v) is 12.3. The van der Waals surface area contributed by atoms with E-state index in [2.05, 4.69) is 205 Å². The molecular weight excluding hydrogens is 755 g/mol. The van der Waals surface area contributed by atoms with E-state index in [1.54, 1.807) is 0 Å². The SMILES string of the molecule is c1ccc(-c2ccc3sc4cccc(N(c5ccc6sc7ccccc7c6c5)c5cccc6c5Oc5ccccc5C65c6ccccc6-c6ccccc65)c4c3c2)cc1. The molecule has 0 N–H and O–H groups in total. The van der Waals surface area contributed by atoms with Crippen molar-refractivity contribution in [3.63, 3.8) is 0 Å². The Labute approximate surface area is 349 Å². The van der Waals surface area contributed by atoms with E-state index in [0.717, 1.165) is 34.1 Å². The van der Waals surface area contributed by atoms with Crippen LogP contribution in [-0.4, -0.2) is 0 Å². The Morgan fingerprint density at radius 3 is 1.85 bits per heavy atom. The number of benzene rings is 9. The standard InChI is InChI=1S/C55H33NOS2/c1-2-14-34(15-3-1)35-28-30-51-41(32-35)53-46(23-13-27-52(53)59-51)56(36-29-31-50-40(33-36)39-18-6-11-26-49(39)58-50)47-24-12-22-45-54(47)57-48-25-10-9-21-44(48)55(45)42-19-7-4-16-37(42)38-17-5-8-20-43(38)55/h1-33H. The van der Waals surface area contributed by atoms with Crippen molar-refractivity contribution in [1.82, 2.24) is 0 Å². The van der Waals surface area contributed by atoms with Gasteiger partial charge in [0.1, 0.15) is 5.75 Å². The molecule has 59 heavy (non-hydrogen) atoms. The van der Waals surface area contributed by atoms with Crippen molar-refractivity contribution in [2.24, 2.45) is 0 Å². The number of hydrogen-bond acceptors (Lipinski definition) is 4. The summed E-state index contributed by atoms with van der Waals surface area (Å²) in [6.07, 6.45) is 0. The van der Waals surface area contributed by atoms with Crippen molar-refractivity contribution in [3.8, 4) is 33.8 Å². The molecule has 9 aromatic carbocycles. The summed E-state index contributed by atoms with van der Waals surface area (Å²) < 4.78 is 12.4. The van der Waals surface area contributed by atoms with Crippen molar-refractivity contribution in [3.05, 3.63) is 222 Å². The van der Waals surface area contributed by atoms with E-state index in [4.69, 9.17) is 4.74 Å². The van der Waals surface area contributed by atoms with Gasteiger partial charge < -0.3 is 9.64 Å². The van der Waals surface area contributed by atoms with Crippen LogP contribution in [0.2, 0.25) is 0 Å². The molecule has 11 aromatic rings. The number of anilines is 3. The second-order valence-corrected chi connectivity index (χ2v) is 17.7. The number of fused-ring (bicyclic) bond motifs is 15. The first-order chi connectivity index (χ1) is 29.3. The molecule has 3 heterocycles. The Balaban J connectivity index is 1.14. The van der Waals surface area contributed by atoms with E-state index in [1.165, 1.54) is 79.3 Å². The van der Waals surface area contributed by atoms with Crippen molar-refractivity contribution in [2.75, 3.05) is 4.90 Å². The zero-order chi connectivity index (χ0) is 38.7. The quantitative estimate of drug-likeness (QED) is 0.176. The molecule has 0 saturated heterocycles. The number of rotatable bonds is 4. The van der Waals surface area contributed by atoms with Gasteiger partial charge in [-0.15, -0.1) is 22.7 Å². The van der Waals surface area contributed by atoms with Crippen LogP contribution in [0.4, 0.5) is 17.1 Å². The van der Waals surface area contributed by atoms with Crippen LogP contribution in [0, 0.1) is 0 Å². The largest absolute Gasteiger partial charge is 0.454 e. The average molecular weight is 788 g/mol. The smallest absolute Gasteiger partial charge is 0.156 e. The zero-order valence-corrected chi connectivity index (χ0v) is 33.4. The molecule has 1 spiro atoms. The molecule has 1 aliphatic carbocycles. The van der Waals surface area contributed by atoms with E-state index in [9.17, 15) is 0 Å². The molecule has 0 bridgehead atoms. The van der Waals surface area contributed by atoms with Gasteiger partial charge in [0.05, 0.1) is 16.8 Å². The Morgan fingerprint density at radius 2 is 1.00 bits per heavy atom. The molecule has 2 aliphatic rings. The van der Waals surface area contributed by atoms with Crippen LogP contribution in [0.5, 0.6) is 11.5 Å². The van der Waals surface area contributed by atoms with Gasteiger partial charge in [-0.05, 0) is 94.0 Å². The van der Waals surface area contributed by atoms with E-state index >= 15 is 0 Å². The van der Waals surface area contributed by atoms with Crippen LogP contribution in [-0.2, 0) is 5.41 Å². The Morgan fingerprint density at radius 1 is 0.390 bits per heavy atom. The summed E-state index contributed by atoms with van der Waals surface area (Å²) in [5.41, 5.74) is 12.5. The Bertz CT molecular complexity index is 3460. The third-order valence-electron chi connectivity index (χ3n) is 12.5. The van der Waals surface area contributed by atoms with E-state index in [-0.39, 0.29) is 0 Å². The molecule has 0 unspecified atom stereocenters. The minimum Gasteiger partial charge on any atom is -0.454 e. The van der Waals surface area contributed by atoms with Gasteiger partial charge in [0.25, 0.3) is 0 Å². The number of ether oxygens (including phenoxy) is 1. The third kappa shape index (κ3) is 4.61. The number of nitrogens with zero attached hydrogens (tertiary/aromatic N) is 1. The molecule has 0 saturated carbocycles. The molecule has 0 amide bonds. The van der Waals surface area contributed by atoms with Crippen molar-refractivity contribution < 1.29 is 4.74 Å². The van der Waals surface area contributed by atoms with Gasteiger partial charge in [-0.3, -0.25) is 0 Å². The second kappa shape index (κ2) is 12.5. The average Bonchev–Trinajstić information content (AvgIpc) is 3.96. The van der Waals surface area contributed by atoms with Gasteiger partial charge >= 0.3 is 0 Å². The highest BCUT2D eigenvalue weighted by molar-refractivity contribution is 7.26. The molecule has 1 aliphatic heterocycles. The lowest BCUT2D eigenvalue weighted by atomic mass is 9.66. The topological polar surface area (TPSA) is 12.5 Å². The molecular formula is C55H33NOS2. The predicted octanol–water partition coefficient (Wildman–Crippen LogP) is 16.0. The minimum atomic E-state index is -0.571. The summed E-state index contributed by atoms with van der Waals surface area (Å²) in [6, 6.07) is 73.6. The summed E-state index contributed by atoms with van der Waals surface area (Å²) in [7, 11) is 0. The van der Waals surface area contributed by atoms with Gasteiger partial charge in [-0.25, -0.2) is 0 Å². The van der Waals surface area contributed by atoms with Crippen molar-refractivity contribution in [1.29, 1.82) is 0 Å². The van der Waals surface area contributed by atoms with Gasteiger partial charge in [0.15, 0.2) is 5.75 Å². The monoisotopic (exact) mass is 787 g/mol. The third-order valence-corrected chi connectivity index (χ3v) is 14.8. The maximum Gasteiger partial charge on any atom is 0.156 e. The Hall–Kier alpha value is -6.98. The fourth-order valence-electron chi connectivity index (χ4n) is 10.1. The van der Waals surface area contributed by atoms with Gasteiger partial charge in [-0.1, -0.05) is 140 Å². The molecule has 276 valence electrons. The lowest BCUT2D eigenvalue weighted by molar-refractivity contribution is 0.437. The fraction of sp³-hybridized carbons (Fsp3) is 0.0182. The van der Waals surface area contributed by atoms with Crippen LogP contribution in [0.3, 0.4) is 0 Å². The number of hydrogen-bond donors (Lipinski definition) is 0. The highest BCUT2D eigenvalue weighted by Crippen LogP contribution is 2.64. The zero-order valence-electron chi connectivity index (χ0n) is 31.7. The molecule has 2 aromatic heterocycles. The van der Waals surface area contributed by atoms with Crippen molar-refractivity contribution >= 4 is 80.1 Å². The summed E-state index contributed by atoms with van der Waals surface area (Å²) in [4.78, 5) is 2.47. The van der Waals surface area contributed by atoms with Gasteiger partial charge in [0.2, 0.25) is 0 Å². The van der Waals surface area contributed by atoms with Crippen LogP contribution >= 0.6 is 22.7 Å². The highest BCUT2D eigenvalue weighted by Gasteiger charge is 2.51. The summed E-state index contributed by atoms with van der Waals surface area (Å²) >= 11 is 3.71. The molecule has 2 nitrogen and oxygen atoms in total. The lowest BCUT2D eigenvalue weighted by Gasteiger charge is -2.41. The van der Waals surface area contributed by atoms with Crippen LogP contribution in [0.1, 0.15) is 22.3 Å². The highest BCUT2D eigenvalue weighted by atomic mass is 32.1. The van der Waals surface area contributed by atoms with Crippen LogP contribution in [0.15, 0.2) is 200 Å². The predicted molar refractivity (Wildman–Crippen MR) is 250 cm³/mol. The van der Waals surface area contributed by atoms with E-state index in [0.29, 0.717) is 0 Å². The van der Waals surface area contributed by atoms with Gasteiger partial charge in [-0.2, -0.15) is 0 Å². The van der Waals surface area contributed by atoms with E-state index in [1.807, 2.05) is 22.7 Å². The summed E-state index contributed by atoms with van der Waals surface area (Å²) in [5.74, 6) is 1.75. The molecule has 4 heteroatoms. The maximum atomic E-state index is 7.31. The molecule has 0 radical (unpaired) electrons. The van der Waals surface area contributed by atoms with Crippen LogP contribution < -0.4 is 9.64 Å². The molecule has 13 rings (SSSR count). The minimum absolute atomic E-state index is 0.571. The summed E-state index contributed by atoms with van der Waals surface area (Å²) in [5, 5.41) is 5.02. The number of thiophene rings is 2.